The Morgan fingerprint density at radius 2 is 2.00 bits per heavy atom. The van der Waals surface area contributed by atoms with Crippen LogP contribution in [0.2, 0.25) is 0 Å². The number of rotatable bonds is 8. The van der Waals surface area contributed by atoms with Crippen LogP contribution in [0.3, 0.4) is 0 Å². The molecule has 166 valence electrons. The first-order chi connectivity index (χ1) is 14.3. The summed E-state index contributed by atoms with van der Waals surface area (Å²) >= 11 is 0. The maximum Gasteiger partial charge on any atom is 0.416 e. The van der Waals surface area contributed by atoms with Gasteiger partial charge in [-0.1, -0.05) is 18.2 Å². The molecule has 1 aromatic rings. The number of likely N-dealkylation sites (tertiary alicyclic amines) is 1. The average molecular weight is 425 g/mol. The van der Waals surface area contributed by atoms with E-state index in [1.807, 2.05) is 16.8 Å². The molecule has 2 aliphatic rings. The van der Waals surface area contributed by atoms with E-state index in [0.717, 1.165) is 31.0 Å². The molecule has 2 atom stereocenters. The van der Waals surface area contributed by atoms with Crippen molar-refractivity contribution in [1.82, 2.24) is 9.80 Å². The summed E-state index contributed by atoms with van der Waals surface area (Å²) in [6, 6.07) is 5.76. The standard InChI is InChI=1S/C22H30F3N3O2/c1-27(11-12-29)8-7-21(30)28-9-5-19(6-10-28)26-20-15-17(20)13-16-3-2-4-18(14-16)22(23,24)25/h2-4,14,17,20,29H,5-13,15H2,1H3. The number of aliphatic imine (C=N–C) groups is 1. The minimum Gasteiger partial charge on any atom is -0.395 e. The molecule has 0 radical (unpaired) electrons. The molecule has 1 aliphatic heterocycles. The first-order valence-corrected chi connectivity index (χ1v) is 10.5. The molecule has 30 heavy (non-hydrogen) atoms. The van der Waals surface area contributed by atoms with E-state index in [0.29, 0.717) is 50.5 Å². The molecule has 0 spiro atoms. The Balaban J connectivity index is 1.42. The highest BCUT2D eigenvalue weighted by Crippen LogP contribution is 2.38. The minimum absolute atomic E-state index is 0.0875. The van der Waals surface area contributed by atoms with E-state index in [4.69, 9.17) is 10.1 Å². The molecule has 1 amide bonds. The van der Waals surface area contributed by atoms with Crippen LogP contribution in [0.25, 0.3) is 0 Å². The molecule has 3 rings (SSSR count). The Kier molecular flexibility index (Phi) is 7.52. The normalized spacial score (nSPS) is 21.8. The van der Waals surface area contributed by atoms with Gasteiger partial charge in [-0.05, 0) is 37.4 Å². The van der Waals surface area contributed by atoms with E-state index >= 15 is 0 Å². The molecule has 1 aromatic carbocycles. The number of carbonyl (C=O) groups excluding carboxylic acids is 1. The summed E-state index contributed by atoms with van der Waals surface area (Å²) in [6.07, 6.45) is -0.781. The second kappa shape index (κ2) is 9.92. The lowest BCUT2D eigenvalue weighted by molar-refractivity contribution is -0.137. The maximum atomic E-state index is 12.9. The van der Waals surface area contributed by atoms with E-state index in [1.54, 1.807) is 6.07 Å². The third-order valence-corrected chi connectivity index (χ3v) is 5.87. The van der Waals surface area contributed by atoms with E-state index in [1.165, 1.54) is 12.1 Å². The Morgan fingerprint density at radius 3 is 2.67 bits per heavy atom. The molecule has 8 heteroatoms. The van der Waals surface area contributed by atoms with Crippen LogP contribution in [-0.2, 0) is 17.4 Å². The molecule has 0 bridgehead atoms. The lowest BCUT2D eigenvalue weighted by Crippen LogP contribution is -2.40. The fraction of sp³-hybridized carbons (Fsp3) is 0.636. The lowest BCUT2D eigenvalue weighted by Gasteiger charge is -2.28. The number of aliphatic hydroxyl groups excluding tert-OH is 1. The number of hydrogen-bond acceptors (Lipinski definition) is 4. The number of carbonyl (C=O) groups is 1. The molecular formula is C22H30F3N3O2. The van der Waals surface area contributed by atoms with Crippen molar-refractivity contribution < 1.29 is 23.1 Å². The monoisotopic (exact) mass is 425 g/mol. The summed E-state index contributed by atoms with van der Waals surface area (Å²) in [6.45, 7) is 2.63. The minimum atomic E-state index is -4.31. The van der Waals surface area contributed by atoms with Gasteiger partial charge in [0.2, 0.25) is 5.91 Å². The van der Waals surface area contributed by atoms with Crippen LogP contribution in [0.1, 0.15) is 36.8 Å². The number of halogens is 3. The zero-order valence-electron chi connectivity index (χ0n) is 17.4. The Hall–Kier alpha value is -1.93. The summed E-state index contributed by atoms with van der Waals surface area (Å²) in [4.78, 5) is 20.9. The van der Waals surface area contributed by atoms with Crippen LogP contribution in [0.15, 0.2) is 29.3 Å². The summed E-state index contributed by atoms with van der Waals surface area (Å²) in [5, 5.41) is 8.91. The summed E-state index contributed by atoms with van der Waals surface area (Å²) in [5.41, 5.74) is 1.24. The first kappa shape index (κ1) is 22.7. The van der Waals surface area contributed by atoms with Gasteiger partial charge in [-0.15, -0.1) is 0 Å². The van der Waals surface area contributed by atoms with Gasteiger partial charge in [-0.25, -0.2) is 0 Å². The number of alkyl halides is 3. The summed E-state index contributed by atoms with van der Waals surface area (Å²) in [5.74, 6) is 0.440. The van der Waals surface area contributed by atoms with Crippen LogP contribution in [0.4, 0.5) is 13.2 Å². The fourth-order valence-electron chi connectivity index (χ4n) is 3.89. The SMILES string of the molecule is CN(CCO)CCC(=O)N1CCC(=NC2CC2Cc2cccc(C(F)(F)F)c2)CC1. The number of hydrogen-bond donors (Lipinski definition) is 1. The van der Waals surface area contributed by atoms with Crippen molar-refractivity contribution in [2.45, 2.75) is 44.3 Å². The first-order valence-electron chi connectivity index (χ1n) is 10.5. The van der Waals surface area contributed by atoms with Crippen molar-refractivity contribution in [1.29, 1.82) is 0 Å². The molecule has 1 saturated heterocycles. The molecule has 5 nitrogen and oxygen atoms in total. The van der Waals surface area contributed by atoms with Crippen molar-refractivity contribution in [3.05, 3.63) is 35.4 Å². The zero-order chi connectivity index (χ0) is 21.7. The molecule has 1 aliphatic carbocycles. The summed E-state index contributed by atoms with van der Waals surface area (Å²) < 4.78 is 38.6. The quantitative estimate of drug-likeness (QED) is 0.697. The van der Waals surface area contributed by atoms with Crippen molar-refractivity contribution >= 4 is 11.6 Å². The molecule has 2 fully saturated rings. The van der Waals surface area contributed by atoms with Crippen LogP contribution in [-0.4, -0.2) is 72.4 Å². The third kappa shape index (κ3) is 6.54. The number of aliphatic hydroxyl groups is 1. The number of nitrogens with zero attached hydrogens (tertiary/aromatic N) is 3. The lowest BCUT2D eigenvalue weighted by atomic mass is 10.0. The van der Waals surface area contributed by atoms with Gasteiger partial charge in [0.1, 0.15) is 0 Å². The fourth-order valence-corrected chi connectivity index (χ4v) is 3.89. The second-order valence-corrected chi connectivity index (χ2v) is 8.32. The van der Waals surface area contributed by atoms with Crippen LogP contribution in [0, 0.1) is 5.92 Å². The zero-order valence-corrected chi connectivity index (χ0v) is 17.4. The highest BCUT2D eigenvalue weighted by Gasteiger charge is 2.38. The largest absolute Gasteiger partial charge is 0.416 e. The van der Waals surface area contributed by atoms with Gasteiger partial charge in [0, 0.05) is 51.2 Å². The number of piperidine rings is 1. The maximum absolute atomic E-state index is 12.9. The molecule has 0 aromatic heterocycles. The van der Waals surface area contributed by atoms with Gasteiger partial charge in [0.05, 0.1) is 18.2 Å². The van der Waals surface area contributed by atoms with E-state index in [2.05, 4.69) is 0 Å². The second-order valence-electron chi connectivity index (χ2n) is 8.32. The smallest absolute Gasteiger partial charge is 0.395 e. The Morgan fingerprint density at radius 1 is 1.27 bits per heavy atom. The Bertz CT molecular complexity index is 756. The van der Waals surface area contributed by atoms with Crippen LogP contribution >= 0.6 is 0 Å². The third-order valence-electron chi connectivity index (χ3n) is 5.87. The van der Waals surface area contributed by atoms with Crippen LogP contribution in [0.5, 0.6) is 0 Å². The van der Waals surface area contributed by atoms with Crippen LogP contribution < -0.4 is 0 Å². The molecule has 2 unspecified atom stereocenters. The summed E-state index contributed by atoms with van der Waals surface area (Å²) in [7, 11) is 1.88. The molecule has 1 heterocycles. The number of likely N-dealkylation sites (N-methyl/N-ethyl adjacent to an activating group) is 1. The van der Waals surface area contributed by atoms with E-state index < -0.39 is 11.7 Å². The van der Waals surface area contributed by atoms with Crippen molar-refractivity contribution in [3.63, 3.8) is 0 Å². The van der Waals surface area contributed by atoms with Gasteiger partial charge < -0.3 is 14.9 Å². The number of benzene rings is 1. The van der Waals surface area contributed by atoms with E-state index in [9.17, 15) is 18.0 Å². The highest BCUT2D eigenvalue weighted by atomic mass is 19.4. The van der Waals surface area contributed by atoms with E-state index in [-0.39, 0.29) is 18.6 Å². The van der Waals surface area contributed by atoms with Gasteiger partial charge >= 0.3 is 6.18 Å². The predicted molar refractivity (Wildman–Crippen MR) is 109 cm³/mol. The number of amides is 1. The van der Waals surface area contributed by atoms with Gasteiger partial charge in [0.25, 0.3) is 0 Å². The Labute approximate surface area is 175 Å². The van der Waals surface area contributed by atoms with Crippen molar-refractivity contribution in [2.24, 2.45) is 10.9 Å². The van der Waals surface area contributed by atoms with Gasteiger partial charge in [-0.3, -0.25) is 9.79 Å². The highest BCUT2D eigenvalue weighted by molar-refractivity contribution is 5.88. The van der Waals surface area contributed by atoms with Gasteiger partial charge in [-0.2, -0.15) is 13.2 Å². The average Bonchev–Trinajstić information content (AvgIpc) is 3.43. The topological polar surface area (TPSA) is 56.1 Å². The predicted octanol–water partition coefficient (Wildman–Crippen LogP) is 3.01. The molecule has 1 saturated carbocycles. The van der Waals surface area contributed by atoms with Gasteiger partial charge in [0.15, 0.2) is 0 Å². The van der Waals surface area contributed by atoms with Crippen molar-refractivity contribution in [3.8, 4) is 0 Å². The molecule has 1 N–H and O–H groups in total. The van der Waals surface area contributed by atoms with Crippen molar-refractivity contribution in [2.75, 3.05) is 39.8 Å². The molecular weight excluding hydrogens is 395 g/mol.